The minimum Gasteiger partial charge on any atom is -0.369 e. The number of nitrogens with one attached hydrogen (secondary N) is 3. The van der Waals surface area contributed by atoms with Gasteiger partial charge in [0, 0.05) is 42.2 Å². The third-order valence-corrected chi connectivity index (χ3v) is 7.01. The fraction of sp³-hybridized carbons (Fsp3) is 0.364. The molecule has 1 spiro atoms. The summed E-state index contributed by atoms with van der Waals surface area (Å²) in [5.41, 5.74) is 3.45. The molecule has 0 unspecified atom stereocenters. The van der Waals surface area contributed by atoms with Crippen LogP contribution in [0.4, 0.5) is 17.1 Å². The molecule has 1 aliphatic heterocycles. The molecule has 1 aliphatic carbocycles. The number of nitrogens with zero attached hydrogens (tertiary/aromatic N) is 2. The van der Waals surface area contributed by atoms with Crippen LogP contribution in [0.1, 0.15) is 32.1 Å². The number of fused-ring (bicyclic) bond motifs is 2. The monoisotopic (exact) mass is 439 g/mol. The van der Waals surface area contributed by atoms with Crippen LogP contribution < -0.4 is 20.7 Å². The molecule has 0 saturated heterocycles. The number of anilines is 3. The molecule has 9 heteroatoms. The molecule has 1 aromatic carbocycles. The smallest absolute Gasteiger partial charge is 0.274 e. The van der Waals surface area contributed by atoms with Crippen molar-refractivity contribution in [1.29, 1.82) is 0 Å². The Morgan fingerprint density at radius 1 is 1.16 bits per heavy atom. The summed E-state index contributed by atoms with van der Waals surface area (Å²) in [5, 5.41) is 17.9. The molecule has 5 rings (SSSR count). The first-order chi connectivity index (χ1) is 14.9. The Bertz CT molecular complexity index is 1240. The number of hydrogen-bond donors (Lipinski definition) is 4. The second kappa shape index (κ2) is 7.35. The molecule has 0 bridgehead atoms. The van der Waals surface area contributed by atoms with Crippen LogP contribution in [0.2, 0.25) is 0 Å². The number of carbonyl (C=O) groups excluding carboxylic acids is 1. The number of H-pyrrole nitrogens is 1. The maximum absolute atomic E-state index is 13.1. The van der Waals surface area contributed by atoms with Crippen molar-refractivity contribution in [3.8, 4) is 11.1 Å². The lowest BCUT2D eigenvalue weighted by Gasteiger charge is -2.42. The molecule has 0 radical (unpaired) electrons. The number of benzene rings is 1. The highest BCUT2D eigenvalue weighted by Gasteiger charge is 2.43. The van der Waals surface area contributed by atoms with Crippen LogP contribution in [0.5, 0.6) is 0 Å². The molecule has 1 saturated carbocycles. The van der Waals surface area contributed by atoms with Crippen LogP contribution in [0.3, 0.4) is 0 Å². The standard InChI is InChI=1S/C22H25N5O3S/c1-26-12-16(14-6-9-23-19(14)20(26)28)15-10-13(27(30)31-2)11-17-18(15)25-22(21(29)24-17)7-4-3-5-8-22/h6,9-12,23,25,30H,3-5,7-8H2,1-2H3,(H,24,29). The number of hydrogen-bond acceptors (Lipinski definition) is 6. The Kier molecular flexibility index (Phi) is 4.75. The molecule has 3 heterocycles. The van der Waals surface area contributed by atoms with E-state index in [2.05, 4.69) is 15.6 Å². The van der Waals surface area contributed by atoms with Crippen molar-refractivity contribution in [2.75, 3.05) is 21.4 Å². The highest BCUT2D eigenvalue weighted by Crippen LogP contribution is 2.47. The van der Waals surface area contributed by atoms with Gasteiger partial charge in [-0.2, -0.15) is 4.47 Å². The van der Waals surface area contributed by atoms with Crippen molar-refractivity contribution in [3.05, 3.63) is 40.9 Å². The molecule has 31 heavy (non-hydrogen) atoms. The van der Waals surface area contributed by atoms with Crippen molar-refractivity contribution in [2.45, 2.75) is 37.6 Å². The summed E-state index contributed by atoms with van der Waals surface area (Å²) in [6, 6.07) is 5.54. The third kappa shape index (κ3) is 3.11. The Morgan fingerprint density at radius 3 is 2.68 bits per heavy atom. The normalized spacial score (nSPS) is 17.3. The van der Waals surface area contributed by atoms with E-state index in [0.29, 0.717) is 16.9 Å². The Hall–Kier alpha value is -2.91. The van der Waals surface area contributed by atoms with Gasteiger partial charge < -0.3 is 20.2 Å². The Labute approximate surface area is 183 Å². The molecule has 2 aliphatic rings. The van der Waals surface area contributed by atoms with E-state index in [4.69, 9.17) is 0 Å². The van der Waals surface area contributed by atoms with Crippen molar-refractivity contribution < 1.29 is 10.0 Å². The van der Waals surface area contributed by atoms with E-state index < -0.39 is 5.54 Å². The molecule has 2 aromatic heterocycles. The summed E-state index contributed by atoms with van der Waals surface area (Å²) in [7, 11) is 1.72. The van der Waals surface area contributed by atoms with E-state index in [1.54, 1.807) is 30.1 Å². The summed E-state index contributed by atoms with van der Waals surface area (Å²) in [6.45, 7) is 0. The van der Waals surface area contributed by atoms with Gasteiger partial charge in [-0.1, -0.05) is 19.3 Å². The molecule has 0 atom stereocenters. The lowest BCUT2D eigenvalue weighted by atomic mass is 9.79. The van der Waals surface area contributed by atoms with Gasteiger partial charge in [0.2, 0.25) is 5.91 Å². The van der Waals surface area contributed by atoms with Gasteiger partial charge in [0.05, 0.1) is 17.1 Å². The number of aromatic nitrogens is 2. The van der Waals surface area contributed by atoms with Crippen LogP contribution in [-0.4, -0.2) is 32.5 Å². The van der Waals surface area contributed by atoms with Crippen molar-refractivity contribution in [1.82, 2.24) is 9.55 Å². The number of amides is 1. The van der Waals surface area contributed by atoms with Crippen LogP contribution in [-0.2, 0) is 11.8 Å². The predicted octanol–water partition coefficient (Wildman–Crippen LogP) is 4.07. The molecule has 8 nitrogen and oxygen atoms in total. The average molecular weight is 440 g/mol. The lowest BCUT2D eigenvalue weighted by molar-refractivity contribution is -0.121. The van der Waals surface area contributed by atoms with E-state index in [9.17, 15) is 14.8 Å². The predicted molar refractivity (Wildman–Crippen MR) is 125 cm³/mol. The van der Waals surface area contributed by atoms with Crippen molar-refractivity contribution in [3.63, 3.8) is 0 Å². The zero-order valence-electron chi connectivity index (χ0n) is 17.5. The van der Waals surface area contributed by atoms with Gasteiger partial charge in [-0.15, -0.1) is 0 Å². The number of carbonyl (C=O) groups is 1. The van der Waals surface area contributed by atoms with Crippen LogP contribution in [0.25, 0.3) is 22.0 Å². The molecular weight excluding hydrogens is 414 g/mol. The number of pyridine rings is 1. The largest absolute Gasteiger partial charge is 0.369 e. The van der Waals surface area contributed by atoms with Crippen LogP contribution in [0.15, 0.2) is 35.4 Å². The summed E-state index contributed by atoms with van der Waals surface area (Å²) < 4.78 is 2.62. The summed E-state index contributed by atoms with van der Waals surface area (Å²) in [4.78, 5) is 28.7. The number of rotatable bonds is 3. The first kappa shape index (κ1) is 20.0. The van der Waals surface area contributed by atoms with E-state index in [-0.39, 0.29) is 11.5 Å². The molecule has 3 aromatic rings. The first-order valence-electron chi connectivity index (χ1n) is 10.4. The fourth-order valence-corrected chi connectivity index (χ4v) is 5.13. The van der Waals surface area contributed by atoms with Gasteiger partial charge in [-0.05, 0) is 43.0 Å². The quantitative estimate of drug-likeness (QED) is 0.362. The SMILES string of the molecule is CSN(O)c1cc2c(c(-c3cn(C)c(=O)c4[nH]ccc34)c1)NC1(CCCCC1)C(=O)N2. The van der Waals surface area contributed by atoms with Crippen LogP contribution >= 0.6 is 11.9 Å². The highest BCUT2D eigenvalue weighted by atomic mass is 32.2. The van der Waals surface area contributed by atoms with E-state index in [0.717, 1.165) is 70.7 Å². The van der Waals surface area contributed by atoms with Gasteiger partial charge in [0.1, 0.15) is 11.1 Å². The van der Waals surface area contributed by atoms with Gasteiger partial charge >= 0.3 is 0 Å². The summed E-state index contributed by atoms with van der Waals surface area (Å²) >= 11 is 1.16. The van der Waals surface area contributed by atoms with Crippen molar-refractivity contribution in [2.24, 2.45) is 7.05 Å². The topological polar surface area (TPSA) is 102 Å². The average Bonchev–Trinajstić information content (AvgIpc) is 3.27. The highest BCUT2D eigenvalue weighted by molar-refractivity contribution is 7.99. The molecule has 4 N–H and O–H groups in total. The van der Waals surface area contributed by atoms with Gasteiger partial charge in [-0.3, -0.25) is 14.8 Å². The van der Waals surface area contributed by atoms with Gasteiger partial charge in [0.15, 0.2) is 0 Å². The molecule has 1 fully saturated rings. The molecule has 162 valence electrons. The lowest BCUT2D eigenvalue weighted by Crippen LogP contribution is -2.53. The zero-order chi connectivity index (χ0) is 21.8. The van der Waals surface area contributed by atoms with Crippen LogP contribution in [0, 0.1) is 0 Å². The van der Waals surface area contributed by atoms with E-state index >= 15 is 0 Å². The maximum atomic E-state index is 13.1. The maximum Gasteiger partial charge on any atom is 0.274 e. The summed E-state index contributed by atoms with van der Waals surface area (Å²) in [6.07, 6.45) is 10.0. The second-order valence-corrected chi connectivity index (χ2v) is 9.03. The molecule has 1 amide bonds. The minimum atomic E-state index is -0.627. The summed E-state index contributed by atoms with van der Waals surface area (Å²) in [5.74, 6) is -0.0244. The van der Waals surface area contributed by atoms with Gasteiger partial charge in [0.25, 0.3) is 5.56 Å². The van der Waals surface area contributed by atoms with Gasteiger partial charge in [-0.25, -0.2) is 0 Å². The van der Waals surface area contributed by atoms with Crippen molar-refractivity contribution >= 4 is 45.8 Å². The first-order valence-corrected chi connectivity index (χ1v) is 11.6. The third-order valence-electron chi connectivity index (χ3n) is 6.46. The second-order valence-electron chi connectivity index (χ2n) is 8.32. The number of aromatic amines is 1. The van der Waals surface area contributed by atoms with E-state index in [1.807, 2.05) is 18.3 Å². The minimum absolute atomic E-state index is 0.0244. The van der Waals surface area contributed by atoms with E-state index in [1.165, 1.54) is 0 Å². The zero-order valence-corrected chi connectivity index (χ0v) is 18.3. The Morgan fingerprint density at radius 2 is 1.94 bits per heavy atom. The fourth-order valence-electron chi connectivity index (χ4n) is 4.82. The molecular formula is C22H25N5O3S. The Balaban J connectivity index is 1.77. The number of aryl methyl sites for hydroxylation is 1.